The van der Waals surface area contributed by atoms with Crippen molar-refractivity contribution < 1.29 is 17.9 Å². The standard InChI is InChI=1S/C29H30F3N7O/c30-20-5-6-21-22(23(20)31)18(11-33-21)25-24(32)26-19(12-34-25)27(38-13-16-3-4-17(14-38)35-16)37-28(36-26)40-15-29-7-1-9-39(29)10-2-8-29/h5-6,11-12,16-17,33,35H,1-4,7-10,13-15H2. The molecule has 2 unspecified atom stereocenters. The van der Waals surface area contributed by atoms with Gasteiger partial charge in [-0.3, -0.25) is 9.88 Å². The first-order valence-corrected chi connectivity index (χ1v) is 14.2. The molecule has 2 atom stereocenters. The Kier molecular flexibility index (Phi) is 5.50. The van der Waals surface area contributed by atoms with Gasteiger partial charge in [0.05, 0.1) is 10.9 Å². The Labute approximate surface area is 228 Å². The fraction of sp³-hybridized carbons (Fsp3) is 0.483. The molecule has 2 bridgehead atoms. The molecule has 0 radical (unpaired) electrons. The molecule has 4 fully saturated rings. The lowest BCUT2D eigenvalue weighted by Gasteiger charge is -2.34. The van der Waals surface area contributed by atoms with Gasteiger partial charge in [-0.15, -0.1) is 0 Å². The van der Waals surface area contributed by atoms with E-state index in [4.69, 9.17) is 9.72 Å². The van der Waals surface area contributed by atoms with E-state index in [0.717, 1.165) is 70.8 Å². The second-order valence-electron chi connectivity index (χ2n) is 11.7. The zero-order valence-electron chi connectivity index (χ0n) is 22.0. The van der Waals surface area contributed by atoms with Crippen molar-refractivity contribution in [2.24, 2.45) is 0 Å². The van der Waals surface area contributed by atoms with Crippen molar-refractivity contribution in [3.63, 3.8) is 0 Å². The summed E-state index contributed by atoms with van der Waals surface area (Å²) in [6.45, 7) is 4.09. The molecular formula is C29H30F3N7O. The molecule has 4 aromatic rings. The maximum atomic E-state index is 16.4. The molecule has 8 nitrogen and oxygen atoms in total. The minimum Gasteiger partial charge on any atom is -0.461 e. The van der Waals surface area contributed by atoms with Crippen LogP contribution in [-0.4, -0.2) is 75.2 Å². The third-order valence-corrected chi connectivity index (χ3v) is 9.43. The van der Waals surface area contributed by atoms with E-state index >= 15 is 4.39 Å². The Morgan fingerprint density at radius 2 is 1.77 bits per heavy atom. The van der Waals surface area contributed by atoms with E-state index in [9.17, 15) is 8.78 Å². The molecule has 4 aliphatic rings. The number of H-pyrrole nitrogens is 1. The van der Waals surface area contributed by atoms with Crippen LogP contribution in [0.2, 0.25) is 0 Å². The molecule has 4 saturated heterocycles. The van der Waals surface area contributed by atoms with Crippen LogP contribution in [0, 0.1) is 17.5 Å². The number of aromatic nitrogens is 4. The summed E-state index contributed by atoms with van der Waals surface area (Å²) in [6.07, 6.45) is 9.59. The van der Waals surface area contributed by atoms with Gasteiger partial charge in [0.2, 0.25) is 0 Å². The molecule has 0 aliphatic carbocycles. The Morgan fingerprint density at radius 1 is 1.00 bits per heavy atom. The maximum Gasteiger partial charge on any atom is 0.319 e. The highest BCUT2D eigenvalue weighted by molar-refractivity contribution is 5.98. The molecule has 11 heteroatoms. The Morgan fingerprint density at radius 3 is 2.55 bits per heavy atom. The second kappa shape index (κ2) is 9.04. The number of nitrogens with one attached hydrogen (secondary N) is 2. The van der Waals surface area contributed by atoms with E-state index in [1.54, 1.807) is 6.20 Å². The number of anilines is 1. The SMILES string of the molecule is Fc1ccc2[nH]cc(-c3ncc4c(N5CC6CCC(C5)N6)nc(OCC56CCCN5CCC6)nc4c3F)c2c1F. The van der Waals surface area contributed by atoms with Crippen LogP contribution in [0.4, 0.5) is 19.0 Å². The lowest BCUT2D eigenvalue weighted by Crippen LogP contribution is -2.51. The van der Waals surface area contributed by atoms with E-state index in [2.05, 4.69) is 30.1 Å². The normalized spacial score (nSPS) is 23.9. The minimum absolute atomic E-state index is 0.0137. The number of benzene rings is 1. The van der Waals surface area contributed by atoms with Gasteiger partial charge in [0.1, 0.15) is 23.6 Å². The van der Waals surface area contributed by atoms with Gasteiger partial charge in [-0.25, -0.2) is 13.2 Å². The van der Waals surface area contributed by atoms with Crippen molar-refractivity contribution in [1.29, 1.82) is 0 Å². The fourth-order valence-electron chi connectivity index (χ4n) is 7.49. The Balaban J connectivity index is 1.25. The van der Waals surface area contributed by atoms with Crippen molar-refractivity contribution >= 4 is 27.6 Å². The average Bonchev–Trinajstić information content (AvgIpc) is 3.73. The van der Waals surface area contributed by atoms with Crippen LogP contribution in [0.3, 0.4) is 0 Å². The number of nitrogens with zero attached hydrogens (tertiary/aromatic N) is 5. The topological polar surface area (TPSA) is 82.2 Å². The Hall–Kier alpha value is -3.44. The van der Waals surface area contributed by atoms with Crippen molar-refractivity contribution in [3.8, 4) is 17.3 Å². The molecule has 2 N–H and O–H groups in total. The van der Waals surface area contributed by atoms with Gasteiger partial charge in [0, 0.05) is 54.0 Å². The number of rotatable bonds is 5. The van der Waals surface area contributed by atoms with Crippen LogP contribution in [0.5, 0.6) is 6.01 Å². The maximum absolute atomic E-state index is 16.4. The highest BCUT2D eigenvalue weighted by Crippen LogP contribution is 2.40. The molecule has 208 valence electrons. The number of hydrogen-bond acceptors (Lipinski definition) is 7. The summed E-state index contributed by atoms with van der Waals surface area (Å²) in [5, 5.41) is 4.05. The predicted molar refractivity (Wildman–Crippen MR) is 145 cm³/mol. The molecular weight excluding hydrogens is 519 g/mol. The Bertz CT molecular complexity index is 1620. The molecule has 0 saturated carbocycles. The van der Waals surface area contributed by atoms with Crippen molar-refractivity contribution in [3.05, 3.63) is 42.0 Å². The quantitative estimate of drug-likeness (QED) is 0.378. The largest absolute Gasteiger partial charge is 0.461 e. The summed E-state index contributed by atoms with van der Waals surface area (Å²) in [5.74, 6) is -2.17. The second-order valence-corrected chi connectivity index (χ2v) is 11.7. The van der Waals surface area contributed by atoms with Crippen LogP contribution in [0.1, 0.15) is 38.5 Å². The van der Waals surface area contributed by atoms with Crippen molar-refractivity contribution in [1.82, 2.24) is 30.2 Å². The number of aromatic amines is 1. The summed E-state index contributed by atoms with van der Waals surface area (Å²) in [7, 11) is 0. The zero-order valence-corrected chi connectivity index (χ0v) is 22.0. The highest BCUT2D eigenvalue weighted by Gasteiger charge is 2.45. The van der Waals surface area contributed by atoms with Gasteiger partial charge in [0.15, 0.2) is 17.5 Å². The first-order chi connectivity index (χ1) is 19.5. The summed E-state index contributed by atoms with van der Waals surface area (Å²) in [6, 6.07) is 3.29. The summed E-state index contributed by atoms with van der Waals surface area (Å²) in [5.41, 5.74) is 0.446. The van der Waals surface area contributed by atoms with Crippen LogP contribution >= 0.6 is 0 Å². The zero-order chi connectivity index (χ0) is 27.0. The smallest absolute Gasteiger partial charge is 0.319 e. The number of pyridine rings is 1. The first kappa shape index (κ1) is 24.4. The van der Waals surface area contributed by atoms with Gasteiger partial charge < -0.3 is 19.9 Å². The third kappa shape index (κ3) is 3.70. The number of fused-ring (bicyclic) bond motifs is 5. The monoisotopic (exact) mass is 549 g/mol. The summed E-state index contributed by atoms with van der Waals surface area (Å²) < 4.78 is 51.6. The number of halogens is 3. The third-order valence-electron chi connectivity index (χ3n) is 9.43. The van der Waals surface area contributed by atoms with Crippen LogP contribution < -0.4 is 15.0 Å². The van der Waals surface area contributed by atoms with Gasteiger partial charge in [-0.2, -0.15) is 9.97 Å². The van der Waals surface area contributed by atoms with Gasteiger partial charge in [-0.05, 0) is 63.7 Å². The first-order valence-electron chi connectivity index (χ1n) is 14.2. The van der Waals surface area contributed by atoms with Crippen LogP contribution in [0.25, 0.3) is 33.1 Å². The molecule has 0 amide bonds. The van der Waals surface area contributed by atoms with Crippen LogP contribution in [-0.2, 0) is 0 Å². The fourth-order valence-corrected chi connectivity index (χ4v) is 7.49. The predicted octanol–water partition coefficient (Wildman–Crippen LogP) is 4.54. The van der Waals surface area contributed by atoms with Crippen LogP contribution in [0.15, 0.2) is 24.5 Å². The molecule has 40 heavy (non-hydrogen) atoms. The van der Waals surface area contributed by atoms with E-state index in [1.165, 1.54) is 12.3 Å². The summed E-state index contributed by atoms with van der Waals surface area (Å²) >= 11 is 0. The molecule has 7 heterocycles. The van der Waals surface area contributed by atoms with Crippen molar-refractivity contribution in [2.45, 2.75) is 56.1 Å². The van der Waals surface area contributed by atoms with Gasteiger partial charge in [0.25, 0.3) is 0 Å². The lowest BCUT2D eigenvalue weighted by molar-refractivity contribution is 0.108. The van der Waals surface area contributed by atoms with Crippen molar-refractivity contribution in [2.75, 3.05) is 37.7 Å². The molecule has 3 aromatic heterocycles. The summed E-state index contributed by atoms with van der Waals surface area (Å²) in [4.78, 5) is 21.4. The number of ether oxygens (including phenoxy) is 1. The highest BCUT2D eigenvalue weighted by atomic mass is 19.2. The van der Waals surface area contributed by atoms with E-state index in [-0.39, 0.29) is 33.7 Å². The lowest BCUT2D eigenvalue weighted by atomic mass is 9.95. The van der Waals surface area contributed by atoms with E-state index in [0.29, 0.717) is 35.4 Å². The van der Waals surface area contributed by atoms with E-state index in [1.807, 2.05) is 0 Å². The van der Waals surface area contributed by atoms with E-state index < -0.39 is 17.5 Å². The minimum atomic E-state index is -1.05. The molecule has 4 aliphatic heterocycles. The molecule has 8 rings (SSSR count). The number of hydrogen-bond donors (Lipinski definition) is 2. The number of piperazine rings is 1. The van der Waals surface area contributed by atoms with Gasteiger partial charge >= 0.3 is 6.01 Å². The average molecular weight is 550 g/mol. The van der Waals surface area contributed by atoms with Gasteiger partial charge in [-0.1, -0.05) is 0 Å². The molecule has 1 aromatic carbocycles. The molecule has 0 spiro atoms.